The molecule has 1 fully saturated rings. The zero-order chi connectivity index (χ0) is 20.4. The number of halogens is 1. The van der Waals surface area contributed by atoms with Crippen molar-refractivity contribution in [2.45, 2.75) is 25.8 Å². The molecule has 1 N–H and O–H groups in total. The number of likely N-dealkylation sites (tertiary alicyclic amines) is 1. The highest BCUT2D eigenvalue weighted by Crippen LogP contribution is 2.42. The molecular formula is C23H24BrNO3S. The number of aliphatic carboxylic acids is 1. The van der Waals surface area contributed by atoms with Gasteiger partial charge in [0.1, 0.15) is 5.75 Å². The standard InChI is InChI=1S/C23H24BrNO3S/c1-2-28-19-8-7-17(24)14-18(19)22(25-11-9-15(10-12-25)23(26)27)21-13-16-5-3-4-6-20(16)29-21/h3-8,13-15,22H,2,9-12H2,1H3,(H,26,27). The van der Waals surface area contributed by atoms with Crippen molar-refractivity contribution in [3.63, 3.8) is 0 Å². The van der Waals surface area contributed by atoms with E-state index < -0.39 is 5.97 Å². The van der Waals surface area contributed by atoms with Gasteiger partial charge in [-0.2, -0.15) is 0 Å². The van der Waals surface area contributed by atoms with Crippen LogP contribution in [0.3, 0.4) is 0 Å². The number of piperidine rings is 1. The molecule has 2 heterocycles. The van der Waals surface area contributed by atoms with Crippen molar-refractivity contribution >= 4 is 43.3 Å². The molecule has 4 nitrogen and oxygen atoms in total. The van der Waals surface area contributed by atoms with Crippen LogP contribution in [0.5, 0.6) is 5.75 Å². The van der Waals surface area contributed by atoms with Crippen LogP contribution >= 0.6 is 27.3 Å². The third-order valence-corrected chi connectivity index (χ3v) is 7.19. The van der Waals surface area contributed by atoms with Crippen LogP contribution in [0.15, 0.2) is 53.0 Å². The fourth-order valence-electron chi connectivity index (χ4n) is 4.09. The monoisotopic (exact) mass is 473 g/mol. The molecule has 3 aromatic rings. The maximum atomic E-state index is 11.4. The lowest BCUT2D eigenvalue weighted by Crippen LogP contribution is -2.39. The van der Waals surface area contributed by atoms with Gasteiger partial charge < -0.3 is 9.84 Å². The molecule has 1 atom stereocenters. The van der Waals surface area contributed by atoms with Gasteiger partial charge in [0.2, 0.25) is 0 Å². The van der Waals surface area contributed by atoms with E-state index in [2.05, 4.69) is 57.2 Å². The summed E-state index contributed by atoms with van der Waals surface area (Å²) in [6.45, 7) is 4.12. The van der Waals surface area contributed by atoms with E-state index in [-0.39, 0.29) is 12.0 Å². The molecule has 0 saturated carbocycles. The molecule has 6 heteroatoms. The van der Waals surface area contributed by atoms with Crippen molar-refractivity contribution in [2.75, 3.05) is 19.7 Å². The second kappa shape index (κ2) is 8.86. The average Bonchev–Trinajstić information content (AvgIpc) is 3.14. The molecule has 0 radical (unpaired) electrons. The first kappa shape index (κ1) is 20.4. The van der Waals surface area contributed by atoms with Gasteiger partial charge in [0, 0.05) is 19.6 Å². The minimum atomic E-state index is -0.680. The van der Waals surface area contributed by atoms with Crippen molar-refractivity contribution in [1.29, 1.82) is 0 Å². The van der Waals surface area contributed by atoms with Gasteiger partial charge in [-0.05, 0) is 68.6 Å². The van der Waals surface area contributed by atoms with Crippen LogP contribution in [0, 0.1) is 5.92 Å². The van der Waals surface area contributed by atoms with Crippen LogP contribution in [0.1, 0.15) is 36.2 Å². The molecule has 29 heavy (non-hydrogen) atoms. The summed E-state index contributed by atoms with van der Waals surface area (Å²) in [6.07, 6.45) is 1.35. The van der Waals surface area contributed by atoms with Crippen molar-refractivity contribution in [3.8, 4) is 5.75 Å². The lowest BCUT2D eigenvalue weighted by Gasteiger charge is -2.37. The van der Waals surface area contributed by atoms with E-state index in [0.29, 0.717) is 19.4 Å². The fourth-order valence-corrected chi connectivity index (χ4v) is 5.69. The number of rotatable bonds is 6. The zero-order valence-electron chi connectivity index (χ0n) is 16.3. The predicted octanol–water partition coefficient (Wildman–Crippen LogP) is 5.95. The first-order valence-electron chi connectivity index (χ1n) is 9.94. The Hall–Kier alpha value is -1.89. The van der Waals surface area contributed by atoms with E-state index in [9.17, 15) is 9.90 Å². The summed E-state index contributed by atoms with van der Waals surface area (Å²) in [7, 11) is 0. The van der Waals surface area contributed by atoms with Crippen molar-refractivity contribution < 1.29 is 14.6 Å². The van der Waals surface area contributed by atoms with Crippen LogP contribution in [0.4, 0.5) is 0 Å². The quantitative estimate of drug-likeness (QED) is 0.480. The third kappa shape index (κ3) is 4.34. The molecule has 0 amide bonds. The topological polar surface area (TPSA) is 49.8 Å². The number of nitrogens with zero attached hydrogens (tertiary/aromatic N) is 1. The molecule has 1 aliphatic heterocycles. The van der Waals surface area contributed by atoms with Gasteiger partial charge in [0.05, 0.1) is 18.6 Å². The highest BCUT2D eigenvalue weighted by atomic mass is 79.9. The van der Waals surface area contributed by atoms with Gasteiger partial charge in [0.25, 0.3) is 0 Å². The molecule has 0 aliphatic carbocycles. The number of thiophene rings is 1. The molecule has 152 valence electrons. The van der Waals surface area contributed by atoms with Crippen LogP contribution in [-0.2, 0) is 4.79 Å². The summed E-state index contributed by atoms with van der Waals surface area (Å²) < 4.78 is 8.26. The molecule has 4 rings (SSSR count). The number of fused-ring (bicyclic) bond motifs is 1. The lowest BCUT2D eigenvalue weighted by molar-refractivity contribution is -0.143. The van der Waals surface area contributed by atoms with E-state index in [4.69, 9.17) is 4.74 Å². The molecule has 0 bridgehead atoms. The number of ether oxygens (including phenoxy) is 1. The average molecular weight is 474 g/mol. The molecular weight excluding hydrogens is 450 g/mol. The second-order valence-corrected chi connectivity index (χ2v) is 9.38. The van der Waals surface area contributed by atoms with Gasteiger partial charge in [-0.15, -0.1) is 11.3 Å². The first-order chi connectivity index (χ1) is 14.1. The predicted molar refractivity (Wildman–Crippen MR) is 121 cm³/mol. The molecule has 0 spiro atoms. The summed E-state index contributed by atoms with van der Waals surface area (Å²) in [6, 6.07) is 16.9. The number of benzene rings is 2. The Balaban J connectivity index is 1.78. The molecule has 1 aliphatic rings. The number of hydrogen-bond donors (Lipinski definition) is 1. The Morgan fingerprint density at radius 1 is 1.24 bits per heavy atom. The van der Waals surface area contributed by atoms with Crippen molar-refractivity contribution in [2.24, 2.45) is 5.92 Å². The normalized spacial score (nSPS) is 16.8. The summed E-state index contributed by atoms with van der Waals surface area (Å²) in [5.41, 5.74) is 1.13. The highest BCUT2D eigenvalue weighted by molar-refractivity contribution is 9.10. The van der Waals surface area contributed by atoms with E-state index in [0.717, 1.165) is 28.9 Å². The van der Waals surface area contributed by atoms with Crippen LogP contribution in [0.25, 0.3) is 10.1 Å². The Morgan fingerprint density at radius 2 is 2.00 bits per heavy atom. The van der Waals surface area contributed by atoms with Crippen molar-refractivity contribution in [3.05, 3.63) is 63.4 Å². The molecule has 1 saturated heterocycles. The van der Waals surface area contributed by atoms with Crippen LogP contribution < -0.4 is 4.74 Å². The SMILES string of the molecule is CCOc1ccc(Br)cc1C(c1cc2ccccc2s1)N1CCC(C(=O)O)CC1. The lowest BCUT2D eigenvalue weighted by atomic mass is 9.93. The van der Waals surface area contributed by atoms with Gasteiger partial charge in [-0.3, -0.25) is 9.69 Å². The minimum absolute atomic E-state index is 0.0428. The second-order valence-electron chi connectivity index (χ2n) is 7.35. The summed E-state index contributed by atoms with van der Waals surface area (Å²) in [4.78, 5) is 15.1. The number of carbonyl (C=O) groups is 1. The molecule has 1 aromatic heterocycles. The summed E-state index contributed by atoms with van der Waals surface area (Å²) >= 11 is 5.43. The third-order valence-electron chi connectivity index (χ3n) is 5.52. The molecule has 2 aromatic carbocycles. The Bertz CT molecular complexity index is 977. The summed E-state index contributed by atoms with van der Waals surface area (Å²) in [5, 5.41) is 10.6. The number of hydrogen-bond acceptors (Lipinski definition) is 4. The Morgan fingerprint density at radius 3 is 2.69 bits per heavy atom. The van der Waals surface area contributed by atoms with Gasteiger partial charge in [0.15, 0.2) is 0 Å². The maximum Gasteiger partial charge on any atom is 0.306 e. The van der Waals surface area contributed by atoms with Crippen LogP contribution in [0.2, 0.25) is 0 Å². The number of carboxylic acid groups (broad SMARTS) is 1. The largest absolute Gasteiger partial charge is 0.494 e. The Kier molecular flexibility index (Phi) is 6.23. The summed E-state index contributed by atoms with van der Waals surface area (Å²) in [5.74, 6) is -0.0396. The smallest absolute Gasteiger partial charge is 0.306 e. The van der Waals surface area contributed by atoms with Gasteiger partial charge in [-0.1, -0.05) is 34.1 Å². The van der Waals surface area contributed by atoms with Crippen LogP contribution in [-0.4, -0.2) is 35.7 Å². The highest BCUT2D eigenvalue weighted by Gasteiger charge is 2.32. The Labute approximate surface area is 183 Å². The van der Waals surface area contributed by atoms with E-state index in [1.807, 2.05) is 19.1 Å². The maximum absolute atomic E-state index is 11.4. The van der Waals surface area contributed by atoms with Gasteiger partial charge in [-0.25, -0.2) is 0 Å². The van der Waals surface area contributed by atoms with E-state index >= 15 is 0 Å². The van der Waals surface area contributed by atoms with Gasteiger partial charge >= 0.3 is 5.97 Å². The molecule has 1 unspecified atom stereocenters. The zero-order valence-corrected chi connectivity index (χ0v) is 18.7. The fraction of sp³-hybridized carbons (Fsp3) is 0.348. The first-order valence-corrected chi connectivity index (χ1v) is 11.6. The van der Waals surface area contributed by atoms with E-state index in [1.165, 1.54) is 15.0 Å². The minimum Gasteiger partial charge on any atom is -0.494 e. The number of carboxylic acids is 1. The van der Waals surface area contributed by atoms with Crippen molar-refractivity contribution in [1.82, 2.24) is 4.90 Å². The van der Waals surface area contributed by atoms with E-state index in [1.54, 1.807) is 11.3 Å².